The van der Waals surface area contributed by atoms with E-state index in [9.17, 15) is 0 Å². The number of nitrogens with zero attached hydrogens (tertiary/aromatic N) is 2. The molecule has 24 heavy (non-hydrogen) atoms. The van der Waals surface area contributed by atoms with E-state index < -0.39 is 0 Å². The zero-order valence-corrected chi connectivity index (χ0v) is 17.8. The molecule has 0 bridgehead atoms. The molecule has 0 radical (unpaired) electrons. The second-order valence-electron chi connectivity index (χ2n) is 6.51. The Kier molecular flexibility index (Phi) is 11.2. The van der Waals surface area contributed by atoms with Gasteiger partial charge >= 0.3 is 0 Å². The summed E-state index contributed by atoms with van der Waals surface area (Å²) in [6.07, 6.45) is 2.24. The van der Waals surface area contributed by atoms with Crippen molar-refractivity contribution in [1.82, 2.24) is 15.5 Å². The summed E-state index contributed by atoms with van der Waals surface area (Å²) in [5, 5.41) is 6.84. The highest BCUT2D eigenvalue weighted by Gasteiger charge is 2.31. The maximum Gasteiger partial charge on any atom is 0.191 e. The monoisotopic (exact) mass is 454 g/mol. The second-order valence-corrected chi connectivity index (χ2v) is 6.51. The third kappa shape index (κ3) is 7.01. The van der Waals surface area contributed by atoms with Gasteiger partial charge in [0.25, 0.3) is 0 Å². The van der Waals surface area contributed by atoms with Crippen molar-refractivity contribution >= 4 is 29.9 Å². The van der Waals surface area contributed by atoms with Crippen LogP contribution in [0.4, 0.5) is 0 Å². The number of hydrogen-bond acceptors (Lipinski definition) is 4. The van der Waals surface area contributed by atoms with Crippen molar-refractivity contribution in [2.24, 2.45) is 10.9 Å². The van der Waals surface area contributed by atoms with Crippen molar-refractivity contribution in [2.45, 2.75) is 45.7 Å². The van der Waals surface area contributed by atoms with Gasteiger partial charge in [-0.25, -0.2) is 0 Å². The fraction of sp³-hybridized carbons (Fsp3) is 0.941. The molecule has 7 heteroatoms. The number of nitrogens with one attached hydrogen (secondary N) is 2. The molecule has 0 aromatic rings. The molecular formula is C17H35IN4O2. The van der Waals surface area contributed by atoms with E-state index in [-0.39, 0.29) is 24.0 Å². The van der Waals surface area contributed by atoms with Crippen molar-refractivity contribution in [2.75, 3.05) is 52.6 Å². The van der Waals surface area contributed by atoms with E-state index in [1.54, 1.807) is 0 Å². The van der Waals surface area contributed by atoms with Crippen LogP contribution in [-0.4, -0.2) is 75.5 Å². The lowest BCUT2D eigenvalue weighted by molar-refractivity contribution is 0.00368. The molecular weight excluding hydrogens is 419 g/mol. The van der Waals surface area contributed by atoms with E-state index in [0.717, 1.165) is 71.4 Å². The highest BCUT2D eigenvalue weighted by atomic mass is 127. The van der Waals surface area contributed by atoms with Gasteiger partial charge in [0.05, 0.1) is 26.4 Å². The van der Waals surface area contributed by atoms with Crippen LogP contribution in [0.5, 0.6) is 0 Å². The first-order chi connectivity index (χ1) is 11.2. The first-order valence-electron chi connectivity index (χ1n) is 9.19. The van der Waals surface area contributed by atoms with E-state index in [2.05, 4.69) is 36.3 Å². The molecule has 142 valence electrons. The van der Waals surface area contributed by atoms with E-state index in [1.807, 2.05) is 0 Å². The van der Waals surface area contributed by atoms with Crippen LogP contribution >= 0.6 is 24.0 Å². The molecule has 3 unspecified atom stereocenters. The van der Waals surface area contributed by atoms with Gasteiger partial charge in [-0.05, 0) is 26.7 Å². The summed E-state index contributed by atoms with van der Waals surface area (Å²) in [6.45, 7) is 13.6. The van der Waals surface area contributed by atoms with E-state index in [0.29, 0.717) is 18.0 Å². The zero-order valence-electron chi connectivity index (χ0n) is 15.4. The van der Waals surface area contributed by atoms with E-state index >= 15 is 0 Å². The first-order valence-corrected chi connectivity index (χ1v) is 9.19. The van der Waals surface area contributed by atoms with Gasteiger partial charge in [-0.2, -0.15) is 0 Å². The van der Waals surface area contributed by atoms with Gasteiger partial charge in [-0.15, -0.1) is 24.0 Å². The first kappa shape index (κ1) is 21.9. The molecule has 0 aromatic carbocycles. The molecule has 2 heterocycles. The minimum absolute atomic E-state index is 0. The minimum Gasteiger partial charge on any atom is -0.381 e. The van der Waals surface area contributed by atoms with Crippen molar-refractivity contribution in [3.8, 4) is 0 Å². The molecule has 2 aliphatic rings. The van der Waals surface area contributed by atoms with Gasteiger partial charge in [0.2, 0.25) is 0 Å². The molecule has 2 rings (SSSR count). The number of morpholine rings is 1. The van der Waals surface area contributed by atoms with Gasteiger partial charge < -0.3 is 20.1 Å². The highest BCUT2D eigenvalue weighted by molar-refractivity contribution is 14.0. The van der Waals surface area contributed by atoms with Crippen molar-refractivity contribution < 1.29 is 9.47 Å². The summed E-state index contributed by atoms with van der Waals surface area (Å²) in [4.78, 5) is 7.42. The number of ether oxygens (including phenoxy) is 2. The molecule has 0 saturated carbocycles. The minimum atomic E-state index is 0. The molecule has 6 nitrogen and oxygen atoms in total. The SMILES string of the molecule is CCNC(=NCC(C1CCOC1)N1CCOCC1)NC(C)CC.I. The molecule has 0 spiro atoms. The Morgan fingerprint density at radius 1 is 1.21 bits per heavy atom. The molecule has 0 amide bonds. The van der Waals surface area contributed by atoms with Gasteiger partial charge in [0.15, 0.2) is 5.96 Å². The highest BCUT2D eigenvalue weighted by Crippen LogP contribution is 2.22. The molecule has 2 aliphatic heterocycles. The van der Waals surface area contributed by atoms with Crippen LogP contribution in [-0.2, 0) is 9.47 Å². The van der Waals surface area contributed by atoms with Gasteiger partial charge in [-0.1, -0.05) is 6.92 Å². The average molecular weight is 454 g/mol. The summed E-state index contributed by atoms with van der Waals surface area (Å²) in [5.41, 5.74) is 0. The Bertz CT molecular complexity index is 358. The number of halogens is 1. The Labute approximate surface area is 164 Å². The lowest BCUT2D eigenvalue weighted by Crippen LogP contribution is -2.49. The number of guanidine groups is 1. The smallest absolute Gasteiger partial charge is 0.191 e. The fourth-order valence-corrected chi connectivity index (χ4v) is 3.17. The van der Waals surface area contributed by atoms with E-state index in [4.69, 9.17) is 14.5 Å². The predicted molar refractivity (Wildman–Crippen MR) is 109 cm³/mol. The summed E-state index contributed by atoms with van der Waals surface area (Å²) in [6, 6.07) is 0.887. The zero-order chi connectivity index (χ0) is 16.5. The van der Waals surface area contributed by atoms with Gasteiger partial charge in [0.1, 0.15) is 0 Å². The Hall–Kier alpha value is -0.120. The third-order valence-corrected chi connectivity index (χ3v) is 4.80. The normalized spacial score (nSPS) is 25.0. The van der Waals surface area contributed by atoms with Crippen LogP contribution in [0.2, 0.25) is 0 Å². The average Bonchev–Trinajstić information content (AvgIpc) is 3.10. The summed E-state index contributed by atoms with van der Waals surface area (Å²) < 4.78 is 11.1. The topological polar surface area (TPSA) is 58.1 Å². The Morgan fingerprint density at radius 3 is 2.54 bits per heavy atom. The van der Waals surface area contributed by atoms with Crippen molar-refractivity contribution in [3.63, 3.8) is 0 Å². The molecule has 2 N–H and O–H groups in total. The second kappa shape index (κ2) is 12.3. The van der Waals surface area contributed by atoms with Crippen LogP contribution in [0.1, 0.15) is 33.6 Å². The summed E-state index contributed by atoms with van der Waals surface area (Å²) >= 11 is 0. The quantitative estimate of drug-likeness (QED) is 0.349. The molecule has 0 aliphatic carbocycles. The van der Waals surface area contributed by atoms with Crippen LogP contribution in [0.3, 0.4) is 0 Å². The standard InChI is InChI=1S/C17H34N4O2.HI/c1-4-14(3)20-17(18-5-2)19-12-16(15-6-9-23-13-15)21-7-10-22-11-8-21;/h14-16H,4-13H2,1-3H3,(H2,18,19,20);1H. The van der Waals surface area contributed by atoms with Crippen LogP contribution in [0.25, 0.3) is 0 Å². The molecule has 2 fully saturated rings. The van der Waals surface area contributed by atoms with Gasteiger partial charge in [-0.3, -0.25) is 9.89 Å². The lowest BCUT2D eigenvalue weighted by Gasteiger charge is -2.36. The number of rotatable bonds is 7. The Balaban J connectivity index is 0.00000288. The van der Waals surface area contributed by atoms with E-state index in [1.165, 1.54) is 0 Å². The predicted octanol–water partition coefficient (Wildman–Crippen LogP) is 1.70. The van der Waals surface area contributed by atoms with Crippen LogP contribution in [0.15, 0.2) is 4.99 Å². The number of hydrogen-bond donors (Lipinski definition) is 2. The van der Waals surface area contributed by atoms with Crippen LogP contribution < -0.4 is 10.6 Å². The molecule has 2 saturated heterocycles. The van der Waals surface area contributed by atoms with Gasteiger partial charge in [0, 0.05) is 44.2 Å². The maximum atomic E-state index is 5.63. The van der Waals surface area contributed by atoms with Crippen molar-refractivity contribution in [3.05, 3.63) is 0 Å². The number of aliphatic imine (C=N–C) groups is 1. The summed E-state index contributed by atoms with van der Waals surface area (Å²) in [5.74, 6) is 1.52. The summed E-state index contributed by atoms with van der Waals surface area (Å²) in [7, 11) is 0. The van der Waals surface area contributed by atoms with Crippen LogP contribution in [0, 0.1) is 5.92 Å². The maximum absolute atomic E-state index is 5.63. The lowest BCUT2D eigenvalue weighted by atomic mass is 9.97. The molecule has 3 atom stereocenters. The molecule has 0 aromatic heterocycles. The third-order valence-electron chi connectivity index (χ3n) is 4.80. The van der Waals surface area contributed by atoms with Crippen molar-refractivity contribution in [1.29, 1.82) is 0 Å². The fourth-order valence-electron chi connectivity index (χ4n) is 3.17. The Morgan fingerprint density at radius 2 is 1.96 bits per heavy atom. The largest absolute Gasteiger partial charge is 0.381 e.